The smallest absolute Gasteiger partial charge is 0.314 e. The van der Waals surface area contributed by atoms with E-state index in [4.69, 9.17) is 4.74 Å². The number of hydrogen-bond donors (Lipinski definition) is 0. The van der Waals surface area contributed by atoms with E-state index in [0.29, 0.717) is 11.6 Å². The molecule has 1 aliphatic carbocycles. The third-order valence-corrected chi connectivity index (χ3v) is 7.31. The fourth-order valence-electron chi connectivity index (χ4n) is 5.01. The van der Waals surface area contributed by atoms with Gasteiger partial charge in [-0.2, -0.15) is 0 Å². The minimum absolute atomic E-state index is 0.0200. The van der Waals surface area contributed by atoms with Gasteiger partial charge in [0, 0.05) is 18.0 Å². The number of carbonyl (C=O) groups is 1. The summed E-state index contributed by atoms with van der Waals surface area (Å²) in [6.07, 6.45) is 23.9. The normalized spacial score (nSPS) is 17.7. The highest BCUT2D eigenvalue weighted by Crippen LogP contribution is 2.32. The Balaban J connectivity index is 1.38. The van der Waals surface area contributed by atoms with Gasteiger partial charge in [0.1, 0.15) is 5.75 Å². The largest absolute Gasteiger partial charge is 0.426 e. The zero-order valence-corrected chi connectivity index (χ0v) is 21.7. The van der Waals surface area contributed by atoms with Crippen molar-refractivity contribution in [3.05, 3.63) is 54.9 Å². The van der Waals surface area contributed by atoms with Gasteiger partial charge in [-0.3, -0.25) is 4.79 Å². The van der Waals surface area contributed by atoms with E-state index in [9.17, 15) is 4.79 Å². The number of aryl methyl sites for hydroxylation is 1. The topological polar surface area (TPSA) is 52.1 Å². The molecule has 0 saturated heterocycles. The zero-order chi connectivity index (χ0) is 24.7. The van der Waals surface area contributed by atoms with Gasteiger partial charge in [-0.1, -0.05) is 57.9 Å². The molecule has 0 amide bonds. The van der Waals surface area contributed by atoms with Crippen LogP contribution in [0.2, 0.25) is 0 Å². The summed E-state index contributed by atoms with van der Waals surface area (Å²) in [5.74, 6) is 1.95. The Morgan fingerprint density at radius 2 is 1.57 bits per heavy atom. The fourth-order valence-corrected chi connectivity index (χ4v) is 5.01. The summed E-state index contributed by atoms with van der Waals surface area (Å²) < 4.78 is 5.68. The van der Waals surface area contributed by atoms with Crippen LogP contribution >= 0.6 is 0 Å². The monoisotopic (exact) mass is 476 g/mol. The average Bonchev–Trinajstić information content (AvgIpc) is 2.90. The Hall–Kier alpha value is -2.49. The van der Waals surface area contributed by atoms with Crippen LogP contribution < -0.4 is 4.74 Å². The molecule has 0 bridgehead atoms. The summed E-state index contributed by atoms with van der Waals surface area (Å²) in [4.78, 5) is 21.7. The quantitative estimate of drug-likeness (QED) is 0.112. The van der Waals surface area contributed by atoms with Crippen LogP contribution in [0, 0.1) is 11.8 Å². The van der Waals surface area contributed by atoms with Crippen LogP contribution in [0.15, 0.2) is 49.3 Å². The summed E-state index contributed by atoms with van der Waals surface area (Å²) in [6.45, 7) is 6.07. The first-order valence-corrected chi connectivity index (χ1v) is 13.9. The van der Waals surface area contributed by atoms with Crippen LogP contribution in [0.3, 0.4) is 0 Å². The SMILES string of the molecule is C=CCCC1CCC(C(=O)Oc2ccc(-c3ncc(CCCCCCCCCC)cn3)cc2)CC1. The van der Waals surface area contributed by atoms with Gasteiger partial charge in [0.15, 0.2) is 5.82 Å². The van der Waals surface area contributed by atoms with Crippen molar-refractivity contribution in [2.75, 3.05) is 0 Å². The number of aromatic nitrogens is 2. The molecule has 1 heterocycles. The van der Waals surface area contributed by atoms with E-state index < -0.39 is 0 Å². The first-order chi connectivity index (χ1) is 17.2. The molecule has 0 atom stereocenters. The van der Waals surface area contributed by atoms with E-state index >= 15 is 0 Å². The number of rotatable bonds is 15. The number of benzene rings is 1. The van der Waals surface area contributed by atoms with Crippen LogP contribution in [0.5, 0.6) is 5.75 Å². The predicted octanol–water partition coefficient (Wildman–Crippen LogP) is 8.50. The molecule has 1 saturated carbocycles. The summed E-state index contributed by atoms with van der Waals surface area (Å²) in [6, 6.07) is 7.56. The van der Waals surface area contributed by atoms with Gasteiger partial charge in [0.25, 0.3) is 0 Å². The van der Waals surface area contributed by atoms with E-state index in [-0.39, 0.29) is 11.9 Å². The lowest BCUT2D eigenvalue weighted by atomic mass is 9.80. The minimum atomic E-state index is -0.0958. The average molecular weight is 477 g/mol. The summed E-state index contributed by atoms with van der Waals surface area (Å²) in [5, 5.41) is 0. The molecule has 0 spiro atoms. The van der Waals surface area contributed by atoms with E-state index in [1.807, 2.05) is 42.7 Å². The number of hydrogen-bond acceptors (Lipinski definition) is 4. The highest BCUT2D eigenvalue weighted by atomic mass is 16.5. The Morgan fingerprint density at radius 1 is 0.943 bits per heavy atom. The highest BCUT2D eigenvalue weighted by Gasteiger charge is 2.27. The van der Waals surface area contributed by atoms with Crippen LogP contribution in [0.25, 0.3) is 11.4 Å². The molecule has 1 aliphatic rings. The van der Waals surface area contributed by atoms with Gasteiger partial charge < -0.3 is 4.74 Å². The van der Waals surface area contributed by atoms with Crippen molar-refractivity contribution < 1.29 is 9.53 Å². The molecule has 4 nitrogen and oxygen atoms in total. The van der Waals surface area contributed by atoms with Gasteiger partial charge in [-0.15, -0.1) is 6.58 Å². The summed E-state index contributed by atoms with van der Waals surface area (Å²) >= 11 is 0. The molecule has 1 aromatic heterocycles. The lowest BCUT2D eigenvalue weighted by Crippen LogP contribution is -2.25. The number of nitrogens with zero attached hydrogens (tertiary/aromatic N) is 2. The molecule has 0 radical (unpaired) electrons. The van der Waals surface area contributed by atoms with Crippen molar-refractivity contribution in [3.63, 3.8) is 0 Å². The van der Waals surface area contributed by atoms with Gasteiger partial charge in [-0.05, 0) is 87.1 Å². The second kappa shape index (κ2) is 15.5. The Morgan fingerprint density at radius 3 is 2.20 bits per heavy atom. The third kappa shape index (κ3) is 9.58. The van der Waals surface area contributed by atoms with Crippen LogP contribution in [0.4, 0.5) is 0 Å². The van der Waals surface area contributed by atoms with Crippen LogP contribution in [-0.4, -0.2) is 15.9 Å². The maximum atomic E-state index is 12.6. The van der Waals surface area contributed by atoms with Crippen LogP contribution in [0.1, 0.15) is 102 Å². The summed E-state index contributed by atoms with van der Waals surface area (Å²) in [5.41, 5.74) is 2.13. The molecule has 2 aromatic rings. The number of unbranched alkanes of at least 4 members (excludes halogenated alkanes) is 7. The number of esters is 1. The fraction of sp³-hybridized carbons (Fsp3) is 0.581. The van der Waals surface area contributed by atoms with E-state index in [2.05, 4.69) is 23.5 Å². The van der Waals surface area contributed by atoms with Crippen molar-refractivity contribution >= 4 is 5.97 Å². The van der Waals surface area contributed by atoms with E-state index in [0.717, 1.165) is 50.0 Å². The van der Waals surface area contributed by atoms with Crippen molar-refractivity contribution in [3.8, 4) is 17.1 Å². The first kappa shape index (κ1) is 27.1. The number of ether oxygens (including phenoxy) is 1. The van der Waals surface area contributed by atoms with Gasteiger partial charge >= 0.3 is 5.97 Å². The van der Waals surface area contributed by atoms with Crippen LogP contribution in [-0.2, 0) is 11.2 Å². The van der Waals surface area contributed by atoms with E-state index in [1.54, 1.807) is 0 Å². The Bertz CT molecular complexity index is 868. The molecule has 1 fully saturated rings. The second-order valence-corrected chi connectivity index (χ2v) is 10.2. The van der Waals surface area contributed by atoms with Crippen molar-refractivity contribution in [1.29, 1.82) is 0 Å². The zero-order valence-electron chi connectivity index (χ0n) is 21.7. The first-order valence-electron chi connectivity index (χ1n) is 13.9. The van der Waals surface area contributed by atoms with Gasteiger partial charge in [0.05, 0.1) is 5.92 Å². The number of allylic oxidation sites excluding steroid dienone is 1. The molecule has 4 heteroatoms. The van der Waals surface area contributed by atoms with Gasteiger partial charge in [-0.25, -0.2) is 9.97 Å². The molecule has 0 unspecified atom stereocenters. The summed E-state index contributed by atoms with van der Waals surface area (Å²) in [7, 11) is 0. The Kier molecular flexibility index (Phi) is 12.0. The number of carbonyl (C=O) groups excluding carboxylic acids is 1. The van der Waals surface area contributed by atoms with E-state index in [1.165, 1.54) is 63.4 Å². The lowest BCUT2D eigenvalue weighted by molar-refractivity contribution is -0.140. The Labute approximate surface area is 212 Å². The third-order valence-electron chi connectivity index (χ3n) is 7.31. The molecule has 3 rings (SSSR count). The molecule has 0 aliphatic heterocycles. The minimum Gasteiger partial charge on any atom is -0.426 e. The predicted molar refractivity (Wildman–Crippen MR) is 144 cm³/mol. The second-order valence-electron chi connectivity index (χ2n) is 10.2. The van der Waals surface area contributed by atoms with Gasteiger partial charge in [0.2, 0.25) is 0 Å². The van der Waals surface area contributed by atoms with Crippen molar-refractivity contribution in [2.24, 2.45) is 11.8 Å². The van der Waals surface area contributed by atoms with Crippen molar-refractivity contribution in [1.82, 2.24) is 9.97 Å². The molecular weight excluding hydrogens is 432 g/mol. The standard InChI is InChI=1S/C31H44N2O2/c1-3-5-7-8-9-10-11-12-14-26-23-32-30(33-24-26)27-19-21-29(22-20-27)35-31(34)28-17-15-25(16-18-28)13-6-4-2/h4,19-25,28H,2-3,5-18H2,1H3. The maximum Gasteiger partial charge on any atom is 0.314 e. The molecule has 35 heavy (non-hydrogen) atoms. The highest BCUT2D eigenvalue weighted by molar-refractivity contribution is 5.75. The molecule has 0 N–H and O–H groups in total. The molecule has 1 aromatic carbocycles. The molecular formula is C31H44N2O2. The van der Waals surface area contributed by atoms with Crippen molar-refractivity contribution in [2.45, 2.75) is 103 Å². The molecule has 190 valence electrons. The lowest BCUT2D eigenvalue weighted by Gasteiger charge is -2.26. The maximum absolute atomic E-state index is 12.6.